The summed E-state index contributed by atoms with van der Waals surface area (Å²) in [6, 6.07) is 12.4. The Balaban J connectivity index is 1.89. The van der Waals surface area contributed by atoms with E-state index in [-0.39, 0.29) is 10.8 Å². The molecule has 0 aliphatic carbocycles. The molecule has 27 heavy (non-hydrogen) atoms. The number of nitrogens with one attached hydrogen (secondary N) is 1. The molecule has 0 saturated carbocycles. The Kier molecular flexibility index (Phi) is 6.24. The Hall–Kier alpha value is -1.83. The first-order valence-corrected chi connectivity index (χ1v) is 11.6. The normalized spacial score (nSPS) is 15.5. The van der Waals surface area contributed by atoms with Crippen molar-refractivity contribution in [2.45, 2.75) is 36.0 Å². The molecule has 2 aromatic rings. The molecular weight excluding hydrogens is 380 g/mol. The maximum absolute atomic E-state index is 13.0. The number of para-hydroxylation sites is 1. The minimum atomic E-state index is -3.59. The van der Waals surface area contributed by atoms with Gasteiger partial charge < -0.3 is 5.32 Å². The van der Waals surface area contributed by atoms with Crippen LogP contribution in [0.15, 0.2) is 52.3 Å². The van der Waals surface area contributed by atoms with Gasteiger partial charge in [-0.25, -0.2) is 8.42 Å². The molecule has 1 N–H and O–H groups in total. The topological polar surface area (TPSA) is 66.5 Å². The number of aryl methyl sites for hydroxylation is 1. The molecule has 1 aliphatic heterocycles. The second-order valence-corrected chi connectivity index (χ2v) is 9.35. The monoisotopic (exact) mass is 404 g/mol. The highest BCUT2D eigenvalue weighted by atomic mass is 32.2. The molecule has 2 aromatic carbocycles. The zero-order valence-corrected chi connectivity index (χ0v) is 17.2. The Morgan fingerprint density at radius 3 is 2.48 bits per heavy atom. The summed E-state index contributed by atoms with van der Waals surface area (Å²) < 4.78 is 27.6. The standard InChI is InChI=1S/C20H24N2O3S2/c1-15-10-11-16(20(23)21-17-8-4-5-9-18(17)26-2)14-19(15)27(24,25)22-12-6-3-7-13-22/h4-5,8-11,14H,3,6-7,12-13H2,1-2H3,(H,21,23). The van der Waals surface area contributed by atoms with Crippen LogP contribution in [-0.4, -0.2) is 38.0 Å². The maximum Gasteiger partial charge on any atom is 0.255 e. The summed E-state index contributed by atoms with van der Waals surface area (Å²) >= 11 is 1.54. The Labute approximate surface area is 165 Å². The lowest BCUT2D eigenvalue weighted by Crippen LogP contribution is -2.36. The van der Waals surface area contributed by atoms with E-state index >= 15 is 0 Å². The van der Waals surface area contributed by atoms with Crippen molar-refractivity contribution >= 4 is 33.4 Å². The zero-order chi connectivity index (χ0) is 19.4. The summed E-state index contributed by atoms with van der Waals surface area (Å²) in [5, 5.41) is 2.89. The number of benzene rings is 2. The Morgan fingerprint density at radius 1 is 1.07 bits per heavy atom. The van der Waals surface area contributed by atoms with Gasteiger partial charge in [-0.15, -0.1) is 11.8 Å². The fourth-order valence-corrected chi connectivity index (χ4v) is 5.53. The van der Waals surface area contributed by atoms with Crippen LogP contribution in [0.4, 0.5) is 5.69 Å². The minimum absolute atomic E-state index is 0.218. The molecule has 144 valence electrons. The van der Waals surface area contributed by atoms with Gasteiger partial charge >= 0.3 is 0 Å². The first-order chi connectivity index (χ1) is 12.9. The highest BCUT2D eigenvalue weighted by Gasteiger charge is 2.28. The second-order valence-electron chi connectivity index (χ2n) is 6.60. The smallest absolute Gasteiger partial charge is 0.255 e. The van der Waals surface area contributed by atoms with Crippen LogP contribution >= 0.6 is 11.8 Å². The van der Waals surface area contributed by atoms with Crippen LogP contribution < -0.4 is 5.32 Å². The van der Waals surface area contributed by atoms with Crippen molar-refractivity contribution in [1.82, 2.24) is 4.31 Å². The van der Waals surface area contributed by atoms with Crippen molar-refractivity contribution in [3.8, 4) is 0 Å². The summed E-state index contributed by atoms with van der Waals surface area (Å²) in [7, 11) is -3.59. The van der Waals surface area contributed by atoms with Crippen molar-refractivity contribution in [2.75, 3.05) is 24.7 Å². The van der Waals surface area contributed by atoms with Crippen LogP contribution in [-0.2, 0) is 10.0 Å². The third kappa shape index (κ3) is 4.36. The molecule has 1 aliphatic rings. The average molecular weight is 405 g/mol. The van der Waals surface area contributed by atoms with Crippen molar-refractivity contribution in [1.29, 1.82) is 0 Å². The molecule has 1 heterocycles. The van der Waals surface area contributed by atoms with E-state index in [4.69, 9.17) is 0 Å². The van der Waals surface area contributed by atoms with Gasteiger partial charge in [0.1, 0.15) is 0 Å². The van der Waals surface area contributed by atoms with E-state index in [2.05, 4.69) is 5.32 Å². The van der Waals surface area contributed by atoms with E-state index in [0.717, 1.165) is 29.8 Å². The number of sulfonamides is 1. The van der Waals surface area contributed by atoms with E-state index in [1.165, 1.54) is 10.4 Å². The fraction of sp³-hybridized carbons (Fsp3) is 0.350. The molecule has 0 radical (unpaired) electrons. The number of thioether (sulfide) groups is 1. The predicted octanol–water partition coefficient (Wildman–Crippen LogP) is 4.14. The number of carbonyl (C=O) groups is 1. The lowest BCUT2D eigenvalue weighted by Gasteiger charge is -2.26. The van der Waals surface area contributed by atoms with Gasteiger partial charge in [-0.05, 0) is 55.9 Å². The van der Waals surface area contributed by atoms with Crippen LogP contribution in [0.5, 0.6) is 0 Å². The molecule has 0 bridgehead atoms. The fourth-order valence-electron chi connectivity index (χ4n) is 3.21. The first-order valence-electron chi connectivity index (χ1n) is 8.98. The summed E-state index contributed by atoms with van der Waals surface area (Å²) in [6.07, 6.45) is 4.76. The maximum atomic E-state index is 13.0. The summed E-state index contributed by atoms with van der Waals surface area (Å²) in [5.74, 6) is -0.313. The second kappa shape index (κ2) is 8.46. The third-order valence-corrected chi connectivity index (χ3v) is 7.57. The number of nitrogens with zero attached hydrogens (tertiary/aromatic N) is 1. The third-order valence-electron chi connectivity index (χ3n) is 4.74. The van der Waals surface area contributed by atoms with Crippen LogP contribution in [0.2, 0.25) is 0 Å². The largest absolute Gasteiger partial charge is 0.321 e. The molecule has 0 spiro atoms. The number of carbonyl (C=O) groups excluding carboxylic acids is 1. The summed E-state index contributed by atoms with van der Waals surface area (Å²) in [6.45, 7) is 2.85. The zero-order valence-electron chi connectivity index (χ0n) is 15.6. The first kappa shape index (κ1) is 19.9. The van der Waals surface area contributed by atoms with Gasteiger partial charge in [0.2, 0.25) is 10.0 Å². The van der Waals surface area contributed by atoms with Crippen molar-refractivity contribution < 1.29 is 13.2 Å². The van der Waals surface area contributed by atoms with Crippen molar-refractivity contribution in [2.24, 2.45) is 0 Å². The van der Waals surface area contributed by atoms with Gasteiger partial charge in [0.05, 0.1) is 10.6 Å². The number of amides is 1. The van der Waals surface area contributed by atoms with Crippen LogP contribution in [0.25, 0.3) is 0 Å². The number of piperidine rings is 1. The van der Waals surface area contributed by atoms with Gasteiger partial charge in [-0.3, -0.25) is 4.79 Å². The highest BCUT2D eigenvalue weighted by molar-refractivity contribution is 7.98. The van der Waals surface area contributed by atoms with Gasteiger partial charge in [-0.1, -0.05) is 24.6 Å². The molecule has 1 amide bonds. The SMILES string of the molecule is CSc1ccccc1NC(=O)c1ccc(C)c(S(=O)(=O)N2CCCCC2)c1. The number of hydrogen-bond donors (Lipinski definition) is 1. The quantitative estimate of drug-likeness (QED) is 0.761. The predicted molar refractivity (Wildman–Crippen MR) is 110 cm³/mol. The van der Waals surface area contributed by atoms with Crippen molar-refractivity contribution in [3.05, 3.63) is 53.6 Å². The molecule has 1 fully saturated rings. The van der Waals surface area contributed by atoms with E-state index in [1.807, 2.05) is 30.5 Å². The van der Waals surface area contributed by atoms with Gasteiger partial charge in [0.25, 0.3) is 5.91 Å². The highest BCUT2D eigenvalue weighted by Crippen LogP contribution is 2.27. The summed E-state index contributed by atoms with van der Waals surface area (Å²) in [4.78, 5) is 13.9. The lowest BCUT2D eigenvalue weighted by atomic mass is 10.1. The Bertz CT molecular complexity index is 936. The van der Waals surface area contributed by atoms with Gasteiger partial charge in [-0.2, -0.15) is 4.31 Å². The van der Waals surface area contributed by atoms with E-state index < -0.39 is 10.0 Å². The molecule has 1 saturated heterocycles. The molecule has 0 aromatic heterocycles. The van der Waals surface area contributed by atoms with Crippen molar-refractivity contribution in [3.63, 3.8) is 0 Å². The molecule has 0 unspecified atom stereocenters. The molecule has 5 nitrogen and oxygen atoms in total. The number of rotatable bonds is 5. The molecule has 3 rings (SSSR count). The molecule has 7 heteroatoms. The van der Waals surface area contributed by atoms with E-state index in [0.29, 0.717) is 24.2 Å². The molecule has 0 atom stereocenters. The van der Waals surface area contributed by atoms with Crippen LogP contribution in [0.1, 0.15) is 35.2 Å². The van der Waals surface area contributed by atoms with Gasteiger partial charge in [0, 0.05) is 23.5 Å². The van der Waals surface area contributed by atoms with E-state index in [9.17, 15) is 13.2 Å². The average Bonchev–Trinajstić information content (AvgIpc) is 2.69. The number of hydrogen-bond acceptors (Lipinski definition) is 4. The minimum Gasteiger partial charge on any atom is -0.321 e. The lowest BCUT2D eigenvalue weighted by molar-refractivity contribution is 0.102. The van der Waals surface area contributed by atoms with Crippen LogP contribution in [0, 0.1) is 6.92 Å². The van der Waals surface area contributed by atoms with Crippen LogP contribution in [0.3, 0.4) is 0 Å². The Morgan fingerprint density at radius 2 is 1.78 bits per heavy atom. The molecular formula is C20H24N2O3S2. The number of anilines is 1. The summed E-state index contributed by atoms with van der Waals surface area (Å²) in [5.41, 5.74) is 1.71. The van der Waals surface area contributed by atoms with Gasteiger partial charge in [0.15, 0.2) is 0 Å². The van der Waals surface area contributed by atoms with E-state index in [1.54, 1.807) is 30.8 Å².